The maximum atomic E-state index is 13.4. The molecule has 1 aliphatic heterocycles. The van der Waals surface area contributed by atoms with Crippen LogP contribution in [-0.2, 0) is 17.8 Å². The molecule has 164 valence electrons. The van der Waals surface area contributed by atoms with E-state index in [1.165, 1.54) is 11.2 Å². The molecule has 0 spiro atoms. The number of piperazine rings is 1. The van der Waals surface area contributed by atoms with Crippen molar-refractivity contribution in [3.63, 3.8) is 0 Å². The summed E-state index contributed by atoms with van der Waals surface area (Å²) in [4.78, 5) is 27.4. The molecule has 0 bridgehead atoms. The lowest BCUT2D eigenvalue weighted by Gasteiger charge is -2.44. The summed E-state index contributed by atoms with van der Waals surface area (Å²) in [6.07, 6.45) is 4.32. The van der Waals surface area contributed by atoms with Crippen LogP contribution in [0.3, 0.4) is 0 Å². The fourth-order valence-corrected chi connectivity index (χ4v) is 5.53. The Balaban J connectivity index is 1.42. The molecule has 0 aliphatic carbocycles. The van der Waals surface area contributed by atoms with Crippen molar-refractivity contribution in [3.8, 4) is 0 Å². The van der Waals surface area contributed by atoms with E-state index < -0.39 is 0 Å². The van der Waals surface area contributed by atoms with Gasteiger partial charge in [0.05, 0.1) is 15.9 Å². The first-order valence-corrected chi connectivity index (χ1v) is 11.9. The molecular formula is C23H28ClN5OS. The van der Waals surface area contributed by atoms with E-state index in [1.807, 2.05) is 29.2 Å². The minimum atomic E-state index is -0.0680. The zero-order valence-corrected chi connectivity index (χ0v) is 19.5. The molecule has 3 heterocycles. The van der Waals surface area contributed by atoms with Gasteiger partial charge in [-0.2, -0.15) is 0 Å². The number of aromatic nitrogens is 2. The number of carbonyl (C=O) groups excluding carboxylic acids is 1. The van der Waals surface area contributed by atoms with Crippen LogP contribution >= 0.6 is 22.9 Å². The largest absolute Gasteiger partial charge is 0.383 e. The van der Waals surface area contributed by atoms with Gasteiger partial charge in [0.1, 0.15) is 12.1 Å². The first kappa shape index (κ1) is 22.0. The Morgan fingerprint density at radius 2 is 2.10 bits per heavy atom. The van der Waals surface area contributed by atoms with Gasteiger partial charge in [0.15, 0.2) is 0 Å². The summed E-state index contributed by atoms with van der Waals surface area (Å²) in [7, 11) is 0. The number of benzene rings is 1. The van der Waals surface area contributed by atoms with Crippen LogP contribution < -0.4 is 5.73 Å². The van der Waals surface area contributed by atoms with Crippen molar-refractivity contribution in [2.24, 2.45) is 0 Å². The first-order chi connectivity index (χ1) is 15.0. The van der Waals surface area contributed by atoms with Crippen LogP contribution in [0, 0.1) is 0 Å². The Morgan fingerprint density at radius 1 is 1.26 bits per heavy atom. The predicted molar refractivity (Wildman–Crippen MR) is 127 cm³/mol. The van der Waals surface area contributed by atoms with E-state index in [-0.39, 0.29) is 18.0 Å². The number of nitrogens with two attached hydrogens (primary N) is 1. The molecule has 2 unspecified atom stereocenters. The third kappa shape index (κ3) is 4.84. The van der Waals surface area contributed by atoms with Gasteiger partial charge in [-0.25, -0.2) is 9.97 Å². The van der Waals surface area contributed by atoms with E-state index in [2.05, 4.69) is 34.8 Å². The van der Waals surface area contributed by atoms with Gasteiger partial charge in [-0.1, -0.05) is 24.6 Å². The second kappa shape index (κ2) is 9.51. The highest BCUT2D eigenvalue weighted by molar-refractivity contribution is 7.16. The quantitative estimate of drug-likeness (QED) is 0.570. The number of carbonyl (C=O) groups is 1. The van der Waals surface area contributed by atoms with Gasteiger partial charge in [-0.3, -0.25) is 9.69 Å². The van der Waals surface area contributed by atoms with E-state index in [4.69, 9.17) is 17.3 Å². The first-order valence-electron chi connectivity index (χ1n) is 10.7. The molecule has 2 aromatic heterocycles. The van der Waals surface area contributed by atoms with Gasteiger partial charge in [0.25, 0.3) is 0 Å². The second-order valence-electron chi connectivity index (χ2n) is 8.15. The normalized spacial score (nSPS) is 20.0. The number of nitrogen functional groups attached to an aromatic ring is 1. The SMILES string of the molecule is CCC1C(=O)N(Cc2ccc3c(N)ncnc3c2)C(C)CN1CCCc1ccc(Cl)s1. The Bertz CT molecular complexity index is 1070. The number of amides is 1. The van der Waals surface area contributed by atoms with E-state index in [0.717, 1.165) is 53.2 Å². The predicted octanol–water partition coefficient (Wildman–Crippen LogP) is 4.37. The van der Waals surface area contributed by atoms with Crippen LogP contribution in [0.4, 0.5) is 5.82 Å². The van der Waals surface area contributed by atoms with Gasteiger partial charge in [-0.05, 0) is 62.6 Å². The minimum Gasteiger partial charge on any atom is -0.383 e. The lowest BCUT2D eigenvalue weighted by atomic mass is 10.0. The van der Waals surface area contributed by atoms with Crippen molar-refractivity contribution in [3.05, 3.63) is 51.4 Å². The number of thiophene rings is 1. The van der Waals surface area contributed by atoms with Crippen LogP contribution in [0.15, 0.2) is 36.7 Å². The van der Waals surface area contributed by atoms with E-state index in [9.17, 15) is 4.79 Å². The lowest BCUT2D eigenvalue weighted by molar-refractivity contribution is -0.146. The third-order valence-corrected chi connectivity index (χ3v) is 7.30. The highest BCUT2D eigenvalue weighted by Gasteiger charge is 2.37. The van der Waals surface area contributed by atoms with Gasteiger partial charge in [0, 0.05) is 29.4 Å². The van der Waals surface area contributed by atoms with Gasteiger partial charge in [-0.15, -0.1) is 11.3 Å². The van der Waals surface area contributed by atoms with Gasteiger partial charge >= 0.3 is 0 Å². The maximum Gasteiger partial charge on any atom is 0.240 e. The number of hydrogen-bond donors (Lipinski definition) is 1. The molecule has 1 aromatic carbocycles. The molecule has 2 atom stereocenters. The number of anilines is 1. The van der Waals surface area contributed by atoms with Crippen LogP contribution in [0.1, 0.15) is 37.1 Å². The Kier molecular flexibility index (Phi) is 6.74. The average Bonchev–Trinajstić information content (AvgIpc) is 3.16. The van der Waals surface area contributed by atoms with Crippen molar-refractivity contribution >= 4 is 45.6 Å². The zero-order chi connectivity index (χ0) is 22.0. The second-order valence-corrected chi connectivity index (χ2v) is 9.95. The molecule has 1 amide bonds. The van der Waals surface area contributed by atoms with Crippen LogP contribution in [-0.4, -0.2) is 50.8 Å². The monoisotopic (exact) mass is 457 g/mol. The van der Waals surface area contributed by atoms with Crippen molar-refractivity contribution in [2.45, 2.75) is 51.7 Å². The Hall–Kier alpha value is -2.22. The van der Waals surface area contributed by atoms with Crippen molar-refractivity contribution in [1.29, 1.82) is 0 Å². The molecule has 1 saturated heterocycles. The number of hydrogen-bond acceptors (Lipinski definition) is 6. The van der Waals surface area contributed by atoms with Gasteiger partial charge < -0.3 is 10.6 Å². The average molecular weight is 458 g/mol. The summed E-state index contributed by atoms with van der Waals surface area (Å²) in [6, 6.07) is 10.1. The third-order valence-electron chi connectivity index (χ3n) is 6.01. The molecule has 2 N–H and O–H groups in total. The van der Waals surface area contributed by atoms with Crippen LogP contribution in [0.5, 0.6) is 0 Å². The topological polar surface area (TPSA) is 75.3 Å². The summed E-state index contributed by atoms with van der Waals surface area (Å²) in [5.74, 6) is 0.688. The number of rotatable bonds is 7. The van der Waals surface area contributed by atoms with Crippen molar-refractivity contribution in [1.82, 2.24) is 19.8 Å². The number of aryl methyl sites for hydroxylation is 1. The number of halogens is 1. The van der Waals surface area contributed by atoms with Crippen LogP contribution in [0.25, 0.3) is 10.9 Å². The summed E-state index contributed by atoms with van der Waals surface area (Å²) < 4.78 is 0.835. The lowest BCUT2D eigenvalue weighted by Crippen LogP contribution is -2.60. The zero-order valence-electron chi connectivity index (χ0n) is 17.9. The van der Waals surface area contributed by atoms with E-state index in [1.54, 1.807) is 11.3 Å². The van der Waals surface area contributed by atoms with Crippen molar-refractivity contribution < 1.29 is 4.79 Å². The summed E-state index contributed by atoms with van der Waals surface area (Å²) in [5.41, 5.74) is 7.81. The molecule has 1 aliphatic rings. The summed E-state index contributed by atoms with van der Waals surface area (Å²) in [6.45, 7) is 6.62. The molecule has 1 fully saturated rings. The van der Waals surface area contributed by atoms with Gasteiger partial charge in [0.2, 0.25) is 5.91 Å². The fourth-order valence-electron chi connectivity index (χ4n) is 4.40. The fraction of sp³-hybridized carbons (Fsp3) is 0.435. The number of nitrogens with zero attached hydrogens (tertiary/aromatic N) is 4. The van der Waals surface area contributed by atoms with Crippen molar-refractivity contribution in [2.75, 3.05) is 18.8 Å². The molecular weight excluding hydrogens is 430 g/mol. The van der Waals surface area contributed by atoms with E-state index >= 15 is 0 Å². The molecule has 8 heteroatoms. The summed E-state index contributed by atoms with van der Waals surface area (Å²) >= 11 is 7.68. The highest BCUT2D eigenvalue weighted by Crippen LogP contribution is 2.26. The summed E-state index contributed by atoms with van der Waals surface area (Å²) in [5, 5.41) is 0.842. The maximum absolute atomic E-state index is 13.4. The molecule has 3 aromatic rings. The smallest absolute Gasteiger partial charge is 0.240 e. The molecule has 31 heavy (non-hydrogen) atoms. The highest BCUT2D eigenvalue weighted by atomic mass is 35.5. The molecule has 6 nitrogen and oxygen atoms in total. The molecule has 4 rings (SSSR count). The Labute approximate surface area is 192 Å². The Morgan fingerprint density at radius 3 is 2.84 bits per heavy atom. The molecule has 0 radical (unpaired) electrons. The minimum absolute atomic E-state index is 0.0680. The standard InChI is InChI=1S/C23H28ClN5OS/c1-3-20-23(30)29(13-16-6-8-18-19(11-16)26-14-27-22(18)25)15(2)12-28(20)10-4-5-17-7-9-21(24)31-17/h6-9,11,14-15,20H,3-5,10,12-13H2,1-2H3,(H2,25,26,27). The van der Waals surface area contributed by atoms with Crippen LogP contribution in [0.2, 0.25) is 4.34 Å². The molecule has 0 saturated carbocycles. The van der Waals surface area contributed by atoms with E-state index in [0.29, 0.717) is 12.4 Å². The number of fused-ring (bicyclic) bond motifs is 1.